The van der Waals surface area contributed by atoms with E-state index in [1.165, 1.54) is 27.5 Å². The summed E-state index contributed by atoms with van der Waals surface area (Å²) in [6, 6.07) is 17.5. The molecular weight excluding hydrogens is 454 g/mol. The van der Waals surface area contributed by atoms with Crippen molar-refractivity contribution in [2.24, 2.45) is 0 Å². The maximum Gasteiger partial charge on any atom is 0.191 e. The Balaban J connectivity index is 0.000000960. The number of rotatable bonds is 2. The number of hydrogen-bond acceptors (Lipinski definition) is 0. The second-order valence-electron chi connectivity index (χ2n) is 6.01. The first-order valence-corrected chi connectivity index (χ1v) is 11.0. The van der Waals surface area contributed by atoms with Crippen molar-refractivity contribution in [3.63, 3.8) is 0 Å². The first-order chi connectivity index (χ1) is 10.2. The van der Waals surface area contributed by atoms with Crippen LogP contribution >= 0.6 is 35.9 Å². The van der Waals surface area contributed by atoms with Gasteiger partial charge >= 0.3 is 0 Å². The second kappa shape index (κ2) is 8.52. The van der Waals surface area contributed by atoms with E-state index in [4.69, 9.17) is 11.1 Å². The summed E-state index contributed by atoms with van der Waals surface area (Å²) in [4.78, 5) is 0. The maximum atomic E-state index is 7.23. The quantitative estimate of drug-likeness (QED) is 0.349. The molecule has 2 aliphatic carbocycles. The van der Waals surface area contributed by atoms with Crippen LogP contribution in [0, 0.1) is 0 Å². The van der Waals surface area contributed by atoms with Gasteiger partial charge in [-0.15, -0.1) is 24.8 Å². The molecule has 0 aliphatic heterocycles. The van der Waals surface area contributed by atoms with Gasteiger partial charge in [-0.25, -0.2) is 0 Å². The second-order valence-corrected chi connectivity index (χ2v) is 11.7. The summed E-state index contributed by atoms with van der Waals surface area (Å²) in [5.41, 5.74) is 5.91. The molecule has 1 atom stereocenters. The molecule has 24 heavy (non-hydrogen) atoms. The average Bonchev–Trinajstić information content (AvgIpc) is 3.14. The van der Waals surface area contributed by atoms with Crippen LogP contribution in [-0.4, -0.2) is 7.38 Å². The van der Waals surface area contributed by atoms with E-state index < -0.39 is 7.38 Å². The molecule has 5 heteroatoms. The van der Waals surface area contributed by atoms with Crippen molar-refractivity contribution in [2.75, 3.05) is 0 Å². The van der Waals surface area contributed by atoms with Crippen LogP contribution in [0.1, 0.15) is 23.1 Å². The van der Waals surface area contributed by atoms with Gasteiger partial charge < -0.3 is 0 Å². The molecular formula is C19H19Cl3SiZr. The molecule has 0 bridgehead atoms. The smallest absolute Gasteiger partial charge is 0.161 e. The third kappa shape index (κ3) is 3.41. The molecule has 0 fully saturated rings. The van der Waals surface area contributed by atoms with Crippen LogP contribution in [0.5, 0.6) is 0 Å². The molecule has 1 unspecified atom stereocenters. The van der Waals surface area contributed by atoms with Gasteiger partial charge in [0.25, 0.3) is 0 Å². The largest absolute Gasteiger partial charge is 0.191 e. The van der Waals surface area contributed by atoms with E-state index in [9.17, 15) is 0 Å². The predicted octanol–water partition coefficient (Wildman–Crippen LogP) is 6.42. The topological polar surface area (TPSA) is 0 Å². The molecule has 2 aromatic rings. The van der Waals surface area contributed by atoms with E-state index in [0.717, 1.165) is 6.42 Å². The zero-order valence-corrected chi connectivity index (χ0v) is 19.2. The summed E-state index contributed by atoms with van der Waals surface area (Å²) in [5, 5.41) is 1.45. The van der Waals surface area contributed by atoms with Crippen molar-refractivity contribution in [2.45, 2.75) is 18.5 Å². The summed E-state index contributed by atoms with van der Waals surface area (Å²) >= 11 is 7.23. The van der Waals surface area contributed by atoms with Gasteiger partial charge in [0, 0.05) is 31.7 Å². The minimum atomic E-state index is -2.07. The van der Waals surface area contributed by atoms with Crippen LogP contribution in [0.4, 0.5) is 0 Å². The van der Waals surface area contributed by atoms with Crippen molar-refractivity contribution < 1.29 is 26.2 Å². The van der Waals surface area contributed by atoms with Gasteiger partial charge in [0.15, 0.2) is 7.38 Å². The molecule has 0 nitrogen and oxygen atoms in total. The molecule has 0 aromatic heterocycles. The molecule has 4 rings (SSSR count). The SMILES string of the molecule is C[Si](Cl)(C1=CC=CC1)C1c2ccccc2-c2ccccc21.Cl.Cl.[Zr]. The first-order valence-electron chi connectivity index (χ1n) is 7.43. The number of allylic oxidation sites excluding steroid dienone is 4. The third-order valence-electron chi connectivity index (χ3n) is 4.78. The summed E-state index contributed by atoms with van der Waals surface area (Å²) in [6.45, 7) is 2.30. The molecule has 0 radical (unpaired) electrons. The Labute approximate surface area is 181 Å². The Bertz CT molecular complexity index is 738. The number of hydrogen-bond donors (Lipinski definition) is 0. The molecule has 0 heterocycles. The standard InChI is InChI=1S/C19H17ClSi.2ClH.Zr/c1-21(20,14-8-2-3-9-14)19-17-12-6-4-10-15(17)16-11-5-7-13-18(16)19;;;/h2-8,10-13,19H,9H2,1H3;2*1H;. The van der Waals surface area contributed by atoms with Crippen molar-refractivity contribution in [1.82, 2.24) is 0 Å². The van der Waals surface area contributed by atoms with Crippen molar-refractivity contribution in [3.05, 3.63) is 83.1 Å². The number of halogens is 3. The van der Waals surface area contributed by atoms with Crippen LogP contribution < -0.4 is 0 Å². The van der Waals surface area contributed by atoms with Gasteiger partial charge in [-0.3, -0.25) is 0 Å². The third-order valence-corrected chi connectivity index (χ3v) is 9.49. The van der Waals surface area contributed by atoms with Crippen LogP contribution in [0.25, 0.3) is 11.1 Å². The minimum Gasteiger partial charge on any atom is -0.161 e. The van der Waals surface area contributed by atoms with Gasteiger partial charge in [0.05, 0.1) is 0 Å². The van der Waals surface area contributed by atoms with E-state index >= 15 is 0 Å². The first kappa shape index (κ1) is 21.9. The fraction of sp³-hybridized carbons (Fsp3) is 0.158. The zero-order valence-electron chi connectivity index (χ0n) is 13.3. The average molecular weight is 473 g/mol. The summed E-state index contributed by atoms with van der Waals surface area (Å²) in [5.74, 6) is 0. The van der Waals surface area contributed by atoms with Gasteiger partial charge in [-0.05, 0) is 28.7 Å². The van der Waals surface area contributed by atoms with Crippen molar-refractivity contribution >= 4 is 43.3 Å². The fourth-order valence-electron chi connectivity index (χ4n) is 3.73. The molecule has 0 saturated carbocycles. The van der Waals surface area contributed by atoms with E-state index in [0.29, 0.717) is 5.54 Å². The summed E-state index contributed by atoms with van der Waals surface area (Å²) in [7, 11) is -2.07. The van der Waals surface area contributed by atoms with Crippen molar-refractivity contribution in [3.8, 4) is 11.1 Å². The molecule has 0 N–H and O–H groups in total. The zero-order chi connectivity index (χ0) is 14.4. The van der Waals surface area contributed by atoms with Crippen molar-refractivity contribution in [1.29, 1.82) is 0 Å². The Morgan fingerprint density at radius 2 is 1.42 bits per heavy atom. The molecule has 2 aromatic carbocycles. The minimum absolute atomic E-state index is 0. The van der Waals surface area contributed by atoms with Crippen LogP contribution in [0.15, 0.2) is 72.0 Å². The van der Waals surface area contributed by atoms with Gasteiger partial charge in [0.1, 0.15) is 0 Å². The monoisotopic (exact) mass is 470 g/mol. The summed E-state index contributed by atoms with van der Waals surface area (Å²) < 4.78 is 0. The molecule has 124 valence electrons. The molecule has 0 amide bonds. The Hall–Kier alpha value is -0.110. The Morgan fingerprint density at radius 3 is 1.88 bits per heavy atom. The van der Waals surface area contributed by atoms with Gasteiger partial charge in [-0.2, -0.15) is 11.1 Å². The number of fused-ring (bicyclic) bond motifs is 3. The Morgan fingerprint density at radius 1 is 0.917 bits per heavy atom. The molecule has 0 saturated heterocycles. The van der Waals surface area contributed by atoms with Crippen LogP contribution in [0.2, 0.25) is 6.55 Å². The predicted molar refractivity (Wildman–Crippen MR) is 108 cm³/mol. The molecule has 0 spiro atoms. The Kier molecular flexibility index (Phi) is 7.78. The fourth-order valence-corrected chi connectivity index (χ4v) is 7.84. The van der Waals surface area contributed by atoms with Crippen LogP contribution in [-0.2, 0) is 26.2 Å². The van der Waals surface area contributed by atoms with Gasteiger partial charge in [0.2, 0.25) is 0 Å². The van der Waals surface area contributed by atoms with Crippen LogP contribution in [0.3, 0.4) is 0 Å². The maximum absolute atomic E-state index is 7.23. The van der Waals surface area contributed by atoms with E-state index in [1.807, 2.05) is 0 Å². The molecule has 2 aliphatic rings. The van der Waals surface area contributed by atoms with E-state index in [2.05, 4.69) is 73.3 Å². The van der Waals surface area contributed by atoms with E-state index in [1.54, 1.807) is 0 Å². The number of benzene rings is 2. The van der Waals surface area contributed by atoms with E-state index in [-0.39, 0.29) is 51.0 Å². The summed E-state index contributed by atoms with van der Waals surface area (Å²) in [6.07, 6.45) is 7.63. The van der Waals surface area contributed by atoms with Gasteiger partial charge in [-0.1, -0.05) is 78.5 Å². The normalized spacial score (nSPS) is 16.7.